The van der Waals surface area contributed by atoms with Crippen molar-refractivity contribution in [3.63, 3.8) is 0 Å². The van der Waals surface area contributed by atoms with Gasteiger partial charge in [-0.1, -0.05) is 0 Å². The lowest BCUT2D eigenvalue weighted by Crippen LogP contribution is -2.09. The number of esters is 1. The van der Waals surface area contributed by atoms with Crippen LogP contribution in [0.15, 0.2) is 18.6 Å². The van der Waals surface area contributed by atoms with E-state index in [2.05, 4.69) is 19.7 Å². The van der Waals surface area contributed by atoms with E-state index in [1.165, 1.54) is 25.7 Å². The van der Waals surface area contributed by atoms with Gasteiger partial charge in [0.25, 0.3) is 0 Å². The lowest BCUT2D eigenvalue weighted by Gasteiger charge is -2.01. The van der Waals surface area contributed by atoms with Crippen LogP contribution in [-0.2, 0) is 4.74 Å². The van der Waals surface area contributed by atoms with E-state index in [1.807, 2.05) is 0 Å². The highest BCUT2D eigenvalue weighted by Crippen LogP contribution is 2.27. The number of carbonyl (C=O) groups is 2. The molecule has 7 nitrogen and oxygen atoms in total. The Hall–Kier alpha value is -2.70. The summed E-state index contributed by atoms with van der Waals surface area (Å²) in [7, 11) is 1.20. The molecule has 0 aliphatic heterocycles. The molecule has 0 saturated carbocycles. The highest BCUT2D eigenvalue weighted by Gasteiger charge is 2.27. The Bertz CT molecular complexity index is 634. The summed E-state index contributed by atoms with van der Waals surface area (Å²) >= 11 is 0. The van der Waals surface area contributed by atoms with Crippen LogP contribution in [0.2, 0.25) is 0 Å². The second kappa shape index (κ2) is 4.89. The Kier molecular flexibility index (Phi) is 3.28. The predicted octanol–water partition coefficient (Wildman–Crippen LogP) is 1.26. The SMILES string of the molecule is COC(=O)c1c(C)[nH]c(-c2cnccn2)c1C(=O)O. The van der Waals surface area contributed by atoms with Crippen LogP contribution in [0, 0.1) is 6.92 Å². The second-order valence-corrected chi connectivity index (χ2v) is 3.76. The first-order valence-electron chi connectivity index (χ1n) is 5.36. The van der Waals surface area contributed by atoms with Crippen molar-refractivity contribution in [1.82, 2.24) is 15.0 Å². The third kappa shape index (κ3) is 2.17. The number of carboxylic acids is 1. The molecule has 0 bridgehead atoms. The normalized spacial score (nSPS) is 10.2. The van der Waals surface area contributed by atoms with E-state index in [1.54, 1.807) is 6.92 Å². The Morgan fingerprint density at radius 2 is 2.05 bits per heavy atom. The van der Waals surface area contributed by atoms with E-state index in [4.69, 9.17) is 0 Å². The van der Waals surface area contributed by atoms with Gasteiger partial charge >= 0.3 is 11.9 Å². The largest absolute Gasteiger partial charge is 0.478 e. The highest BCUT2D eigenvalue weighted by atomic mass is 16.5. The van der Waals surface area contributed by atoms with Crippen LogP contribution in [0.5, 0.6) is 0 Å². The molecule has 0 aliphatic carbocycles. The van der Waals surface area contributed by atoms with Crippen LogP contribution < -0.4 is 0 Å². The molecule has 2 heterocycles. The van der Waals surface area contributed by atoms with Gasteiger partial charge in [0.05, 0.1) is 24.6 Å². The summed E-state index contributed by atoms with van der Waals surface area (Å²) in [5.41, 5.74) is 0.821. The van der Waals surface area contributed by atoms with Crippen molar-refractivity contribution in [3.05, 3.63) is 35.4 Å². The van der Waals surface area contributed by atoms with Crippen LogP contribution in [0.4, 0.5) is 0 Å². The number of aryl methyl sites for hydroxylation is 1. The van der Waals surface area contributed by atoms with Gasteiger partial charge in [0.15, 0.2) is 0 Å². The monoisotopic (exact) mass is 261 g/mol. The number of aromatic nitrogens is 3. The molecule has 2 rings (SSSR count). The standard InChI is InChI=1S/C12H11N3O4/c1-6-8(12(18)19-2)9(11(16)17)10(15-6)7-5-13-3-4-14-7/h3-5,15H,1-2H3,(H,16,17). The van der Waals surface area contributed by atoms with Crippen LogP contribution in [-0.4, -0.2) is 39.1 Å². The zero-order valence-electron chi connectivity index (χ0n) is 10.3. The second-order valence-electron chi connectivity index (χ2n) is 3.76. The van der Waals surface area contributed by atoms with E-state index in [0.717, 1.165) is 0 Å². The lowest BCUT2D eigenvalue weighted by molar-refractivity contribution is 0.0583. The van der Waals surface area contributed by atoms with Crippen molar-refractivity contribution in [1.29, 1.82) is 0 Å². The zero-order valence-corrected chi connectivity index (χ0v) is 10.3. The van der Waals surface area contributed by atoms with Crippen molar-refractivity contribution in [2.75, 3.05) is 7.11 Å². The molecule has 2 aromatic rings. The van der Waals surface area contributed by atoms with Gasteiger partial charge in [0.2, 0.25) is 0 Å². The number of aromatic amines is 1. The maximum atomic E-state index is 11.7. The third-order valence-electron chi connectivity index (χ3n) is 2.61. The van der Waals surface area contributed by atoms with Gasteiger partial charge in [-0.05, 0) is 6.92 Å². The van der Waals surface area contributed by atoms with Crippen LogP contribution in [0.1, 0.15) is 26.4 Å². The Balaban J connectivity index is 2.70. The number of carbonyl (C=O) groups excluding carboxylic acids is 1. The van der Waals surface area contributed by atoms with Gasteiger partial charge < -0.3 is 14.8 Å². The number of aromatic carboxylic acids is 1. The third-order valence-corrected chi connectivity index (χ3v) is 2.61. The number of ether oxygens (including phenoxy) is 1. The molecule has 0 atom stereocenters. The van der Waals surface area contributed by atoms with Crippen LogP contribution in [0.3, 0.4) is 0 Å². The topological polar surface area (TPSA) is 105 Å². The zero-order chi connectivity index (χ0) is 14.0. The number of nitrogens with zero attached hydrogens (tertiary/aromatic N) is 2. The van der Waals surface area contributed by atoms with E-state index >= 15 is 0 Å². The van der Waals surface area contributed by atoms with Gasteiger partial charge in [0.1, 0.15) is 11.3 Å². The minimum Gasteiger partial charge on any atom is -0.478 e. The molecule has 0 spiro atoms. The summed E-state index contributed by atoms with van der Waals surface area (Å²) in [6.07, 6.45) is 4.33. The first-order valence-corrected chi connectivity index (χ1v) is 5.36. The van der Waals surface area contributed by atoms with Crippen molar-refractivity contribution in [2.24, 2.45) is 0 Å². The maximum Gasteiger partial charge on any atom is 0.340 e. The van der Waals surface area contributed by atoms with Gasteiger partial charge in [0, 0.05) is 18.1 Å². The molecule has 0 aromatic carbocycles. The molecule has 98 valence electrons. The van der Waals surface area contributed by atoms with Gasteiger partial charge in [-0.3, -0.25) is 9.97 Å². The predicted molar refractivity (Wildman–Crippen MR) is 64.9 cm³/mol. The molecular formula is C12H11N3O4. The first kappa shape index (κ1) is 12.7. The van der Waals surface area contributed by atoms with Crippen LogP contribution >= 0.6 is 0 Å². The van der Waals surface area contributed by atoms with Gasteiger partial charge in [-0.2, -0.15) is 0 Å². The number of hydrogen-bond donors (Lipinski definition) is 2. The molecule has 0 saturated heterocycles. The van der Waals surface area contributed by atoms with Crippen molar-refractivity contribution >= 4 is 11.9 Å². The fourth-order valence-electron chi connectivity index (χ4n) is 1.82. The number of hydrogen-bond acceptors (Lipinski definition) is 5. The minimum absolute atomic E-state index is 0.00402. The molecule has 19 heavy (non-hydrogen) atoms. The molecule has 7 heteroatoms. The molecule has 0 aliphatic rings. The highest BCUT2D eigenvalue weighted by molar-refractivity contribution is 6.07. The number of H-pyrrole nitrogens is 1. The quantitative estimate of drug-likeness (QED) is 0.806. The Labute approximate surface area is 108 Å². The fraction of sp³-hybridized carbons (Fsp3) is 0.167. The van der Waals surface area contributed by atoms with Crippen molar-refractivity contribution < 1.29 is 19.4 Å². The fourth-order valence-corrected chi connectivity index (χ4v) is 1.82. The maximum absolute atomic E-state index is 11.7. The molecular weight excluding hydrogens is 250 g/mol. The van der Waals surface area contributed by atoms with Crippen molar-refractivity contribution in [3.8, 4) is 11.4 Å². The van der Waals surface area contributed by atoms with E-state index in [9.17, 15) is 14.7 Å². The summed E-state index contributed by atoms with van der Waals surface area (Å²) in [6.45, 7) is 1.60. The summed E-state index contributed by atoms with van der Waals surface area (Å²) in [5, 5.41) is 9.29. The molecule has 0 radical (unpaired) electrons. The number of nitrogens with one attached hydrogen (secondary N) is 1. The average molecular weight is 261 g/mol. The smallest absolute Gasteiger partial charge is 0.340 e. The molecule has 2 N–H and O–H groups in total. The Morgan fingerprint density at radius 3 is 2.58 bits per heavy atom. The van der Waals surface area contributed by atoms with E-state index < -0.39 is 11.9 Å². The van der Waals surface area contributed by atoms with E-state index in [0.29, 0.717) is 11.4 Å². The van der Waals surface area contributed by atoms with Gasteiger partial charge in [-0.15, -0.1) is 0 Å². The molecule has 0 unspecified atom stereocenters. The summed E-state index contributed by atoms with van der Waals surface area (Å²) in [4.78, 5) is 33.8. The minimum atomic E-state index is -1.23. The molecule has 0 fully saturated rings. The number of carboxylic acid groups (broad SMARTS) is 1. The summed E-state index contributed by atoms with van der Waals surface area (Å²) in [5.74, 6) is -1.94. The van der Waals surface area contributed by atoms with Crippen molar-refractivity contribution in [2.45, 2.75) is 6.92 Å². The van der Waals surface area contributed by atoms with Gasteiger partial charge in [-0.25, -0.2) is 9.59 Å². The molecule has 0 amide bonds. The van der Waals surface area contributed by atoms with E-state index in [-0.39, 0.29) is 16.8 Å². The number of methoxy groups -OCH3 is 1. The molecule has 2 aromatic heterocycles. The lowest BCUT2D eigenvalue weighted by atomic mass is 10.1. The number of rotatable bonds is 3. The summed E-state index contributed by atoms with van der Waals surface area (Å²) < 4.78 is 4.60. The average Bonchev–Trinajstić information content (AvgIpc) is 2.76. The first-order chi connectivity index (χ1) is 9.06. The summed E-state index contributed by atoms with van der Waals surface area (Å²) in [6, 6.07) is 0. The Morgan fingerprint density at radius 1 is 1.32 bits per heavy atom. The van der Waals surface area contributed by atoms with Crippen LogP contribution in [0.25, 0.3) is 11.4 Å².